The molecule has 0 radical (unpaired) electrons. The summed E-state index contributed by atoms with van der Waals surface area (Å²) >= 11 is 0. The van der Waals surface area contributed by atoms with E-state index in [1.807, 2.05) is 52.8 Å². The van der Waals surface area contributed by atoms with E-state index < -0.39 is 0 Å². The molecule has 0 saturated carbocycles. The zero-order valence-electron chi connectivity index (χ0n) is 18.8. The molecule has 2 heterocycles. The molecule has 1 amide bonds. The average molecular weight is 428 g/mol. The summed E-state index contributed by atoms with van der Waals surface area (Å²) in [6, 6.07) is 14.7. The third-order valence-corrected chi connectivity index (χ3v) is 5.47. The van der Waals surface area contributed by atoms with Crippen molar-refractivity contribution in [3.8, 4) is 17.4 Å². The molecule has 32 heavy (non-hydrogen) atoms. The Hall–Kier alpha value is -4.00. The molecular weight excluding hydrogens is 402 g/mol. The Morgan fingerprint density at radius 1 is 0.938 bits per heavy atom. The van der Waals surface area contributed by atoms with Gasteiger partial charge in [0.2, 0.25) is 5.88 Å². The molecule has 0 aliphatic carbocycles. The summed E-state index contributed by atoms with van der Waals surface area (Å²) in [6.07, 6.45) is 1.45. The number of amides is 1. The Balaban J connectivity index is 1.48. The smallest absolute Gasteiger partial charge is 0.255 e. The van der Waals surface area contributed by atoms with Crippen molar-refractivity contribution in [1.29, 1.82) is 0 Å². The molecule has 7 nitrogen and oxygen atoms in total. The molecule has 0 aliphatic heterocycles. The molecule has 0 saturated heterocycles. The fraction of sp³-hybridized carbons (Fsp3) is 0.200. The molecule has 2 aromatic carbocycles. The van der Waals surface area contributed by atoms with Crippen LogP contribution in [0.25, 0.3) is 5.82 Å². The van der Waals surface area contributed by atoms with E-state index >= 15 is 0 Å². The molecule has 7 heteroatoms. The number of carbonyl (C=O) groups is 1. The van der Waals surface area contributed by atoms with E-state index in [1.165, 1.54) is 6.33 Å². The van der Waals surface area contributed by atoms with Gasteiger partial charge < -0.3 is 10.1 Å². The Labute approximate surface area is 187 Å². The van der Waals surface area contributed by atoms with Crippen LogP contribution in [0.1, 0.15) is 38.4 Å². The highest BCUT2D eigenvalue weighted by atomic mass is 16.5. The highest BCUT2D eigenvalue weighted by Gasteiger charge is 2.12. The Morgan fingerprint density at radius 3 is 2.38 bits per heavy atom. The van der Waals surface area contributed by atoms with Crippen molar-refractivity contribution >= 4 is 11.6 Å². The van der Waals surface area contributed by atoms with E-state index in [0.29, 0.717) is 28.7 Å². The van der Waals surface area contributed by atoms with Crippen LogP contribution in [0.3, 0.4) is 0 Å². The van der Waals surface area contributed by atoms with Crippen LogP contribution in [0.2, 0.25) is 0 Å². The maximum atomic E-state index is 12.6. The summed E-state index contributed by atoms with van der Waals surface area (Å²) in [5, 5.41) is 7.46. The lowest BCUT2D eigenvalue weighted by molar-refractivity contribution is 0.102. The Bertz CT molecular complexity index is 1290. The van der Waals surface area contributed by atoms with E-state index in [9.17, 15) is 4.79 Å². The van der Waals surface area contributed by atoms with Crippen LogP contribution in [-0.2, 0) is 0 Å². The fourth-order valence-corrected chi connectivity index (χ4v) is 3.35. The summed E-state index contributed by atoms with van der Waals surface area (Å²) in [7, 11) is 0. The SMILES string of the molecule is Cc1ccc(C)c(C(=O)Nc2ccc(Oc3cc(-n4nc(C)c(C)c4C)ncn3)cc2)c1. The van der Waals surface area contributed by atoms with Crippen molar-refractivity contribution in [1.82, 2.24) is 19.7 Å². The van der Waals surface area contributed by atoms with Crippen LogP contribution < -0.4 is 10.1 Å². The molecule has 162 valence electrons. The van der Waals surface area contributed by atoms with Gasteiger partial charge >= 0.3 is 0 Å². The van der Waals surface area contributed by atoms with Crippen LogP contribution in [0.5, 0.6) is 11.6 Å². The van der Waals surface area contributed by atoms with Crippen LogP contribution in [0, 0.1) is 34.6 Å². The predicted octanol–water partition coefficient (Wildman–Crippen LogP) is 5.25. The minimum absolute atomic E-state index is 0.138. The summed E-state index contributed by atoms with van der Waals surface area (Å²) in [5.74, 6) is 1.51. The first-order valence-electron chi connectivity index (χ1n) is 10.3. The van der Waals surface area contributed by atoms with Crippen molar-refractivity contribution in [3.05, 3.63) is 88.5 Å². The second-order valence-corrected chi connectivity index (χ2v) is 7.82. The molecule has 0 fully saturated rings. The first-order valence-corrected chi connectivity index (χ1v) is 10.3. The number of aryl methyl sites for hydroxylation is 3. The first-order chi connectivity index (χ1) is 15.3. The van der Waals surface area contributed by atoms with Crippen LogP contribution in [-0.4, -0.2) is 25.7 Å². The minimum atomic E-state index is -0.138. The van der Waals surface area contributed by atoms with Gasteiger partial charge in [0.25, 0.3) is 5.91 Å². The van der Waals surface area contributed by atoms with Crippen molar-refractivity contribution in [2.75, 3.05) is 5.32 Å². The van der Waals surface area contributed by atoms with Crippen LogP contribution >= 0.6 is 0 Å². The van der Waals surface area contributed by atoms with Crippen molar-refractivity contribution in [2.45, 2.75) is 34.6 Å². The lowest BCUT2D eigenvalue weighted by Crippen LogP contribution is -2.13. The lowest BCUT2D eigenvalue weighted by Gasteiger charge is -2.10. The zero-order chi connectivity index (χ0) is 22.8. The number of carbonyl (C=O) groups excluding carboxylic acids is 1. The third-order valence-electron chi connectivity index (χ3n) is 5.47. The number of anilines is 1. The lowest BCUT2D eigenvalue weighted by atomic mass is 10.1. The minimum Gasteiger partial charge on any atom is -0.439 e. The maximum Gasteiger partial charge on any atom is 0.255 e. The van der Waals surface area contributed by atoms with Gasteiger partial charge in [-0.1, -0.05) is 17.7 Å². The van der Waals surface area contributed by atoms with E-state index in [0.717, 1.165) is 28.1 Å². The largest absolute Gasteiger partial charge is 0.439 e. The van der Waals surface area contributed by atoms with E-state index in [2.05, 4.69) is 20.4 Å². The number of nitrogens with one attached hydrogen (secondary N) is 1. The molecular formula is C25H25N5O2. The summed E-state index contributed by atoms with van der Waals surface area (Å²) in [6.45, 7) is 9.90. The molecule has 0 spiro atoms. The number of aromatic nitrogens is 4. The van der Waals surface area contributed by atoms with Crippen LogP contribution in [0.15, 0.2) is 54.9 Å². The van der Waals surface area contributed by atoms with Gasteiger partial charge in [-0.25, -0.2) is 14.6 Å². The third kappa shape index (κ3) is 4.37. The molecule has 0 bridgehead atoms. The molecule has 0 unspecified atom stereocenters. The second-order valence-electron chi connectivity index (χ2n) is 7.82. The fourth-order valence-electron chi connectivity index (χ4n) is 3.35. The van der Waals surface area contributed by atoms with Gasteiger partial charge in [-0.15, -0.1) is 0 Å². The first kappa shape index (κ1) is 21.2. The predicted molar refractivity (Wildman–Crippen MR) is 124 cm³/mol. The number of benzene rings is 2. The number of hydrogen-bond acceptors (Lipinski definition) is 5. The van der Waals surface area contributed by atoms with Gasteiger partial charge in [0.1, 0.15) is 12.1 Å². The number of nitrogens with zero attached hydrogens (tertiary/aromatic N) is 4. The molecule has 0 aliphatic rings. The van der Waals surface area contributed by atoms with E-state index in [1.54, 1.807) is 35.0 Å². The normalized spacial score (nSPS) is 10.8. The van der Waals surface area contributed by atoms with Crippen molar-refractivity contribution in [2.24, 2.45) is 0 Å². The highest BCUT2D eigenvalue weighted by molar-refractivity contribution is 6.05. The highest BCUT2D eigenvalue weighted by Crippen LogP contribution is 2.24. The Kier molecular flexibility index (Phi) is 5.73. The monoisotopic (exact) mass is 427 g/mol. The van der Waals surface area contributed by atoms with Crippen molar-refractivity contribution in [3.63, 3.8) is 0 Å². The molecule has 1 N–H and O–H groups in total. The topological polar surface area (TPSA) is 81.9 Å². The quantitative estimate of drug-likeness (QED) is 0.470. The number of rotatable bonds is 5. The number of ether oxygens (including phenoxy) is 1. The maximum absolute atomic E-state index is 12.6. The molecule has 0 atom stereocenters. The Morgan fingerprint density at radius 2 is 1.69 bits per heavy atom. The van der Waals surface area contributed by atoms with Gasteiger partial charge in [-0.05, 0) is 76.1 Å². The van der Waals surface area contributed by atoms with Gasteiger partial charge in [-0.3, -0.25) is 4.79 Å². The van der Waals surface area contributed by atoms with Gasteiger partial charge in [-0.2, -0.15) is 5.10 Å². The molecule has 4 rings (SSSR count). The van der Waals surface area contributed by atoms with Crippen molar-refractivity contribution < 1.29 is 9.53 Å². The van der Waals surface area contributed by atoms with E-state index in [4.69, 9.17) is 4.74 Å². The van der Waals surface area contributed by atoms with E-state index in [-0.39, 0.29) is 5.91 Å². The molecule has 4 aromatic rings. The zero-order valence-corrected chi connectivity index (χ0v) is 18.8. The molecule has 2 aromatic heterocycles. The van der Waals surface area contributed by atoms with Crippen LogP contribution in [0.4, 0.5) is 5.69 Å². The summed E-state index contributed by atoms with van der Waals surface area (Å²) in [5.41, 5.74) is 6.44. The van der Waals surface area contributed by atoms with Gasteiger partial charge in [0.05, 0.1) is 5.69 Å². The summed E-state index contributed by atoms with van der Waals surface area (Å²) < 4.78 is 7.67. The van der Waals surface area contributed by atoms with Gasteiger partial charge in [0.15, 0.2) is 5.82 Å². The van der Waals surface area contributed by atoms with Gasteiger partial charge in [0, 0.05) is 23.0 Å². The number of hydrogen-bond donors (Lipinski definition) is 1. The average Bonchev–Trinajstić information content (AvgIpc) is 3.04. The second kappa shape index (κ2) is 8.63. The standard InChI is InChI=1S/C25H25N5O2/c1-15-6-7-16(2)22(12-15)25(31)28-20-8-10-21(11-9-20)32-24-13-23(26-14-27-24)30-19(5)17(3)18(4)29-30/h6-14H,1-5H3,(H,28,31). The summed E-state index contributed by atoms with van der Waals surface area (Å²) in [4.78, 5) is 21.1.